The molecule has 1 atom stereocenters. The van der Waals surface area contributed by atoms with Gasteiger partial charge in [0.15, 0.2) is 0 Å². The minimum Gasteiger partial charge on any atom is -0.272 e. The number of nitrogens with zero attached hydrogens (tertiary/aromatic N) is 1. The normalized spacial score (nSPS) is 12.8. The number of benzene rings is 2. The standard InChI is InChI=1S/C19H22N2OS/c1-13-10-11-14(2)18(12-13)15(3)20-21-19(22)16(4)23-17-8-6-5-7-9-17/h5-12,16H,1-4H3,(H,21,22)/b20-15-/t16-/m1/s1. The van der Waals surface area contributed by atoms with Crippen molar-refractivity contribution in [3.05, 3.63) is 65.2 Å². The molecule has 0 aromatic heterocycles. The van der Waals surface area contributed by atoms with Crippen LogP contribution in [0.4, 0.5) is 0 Å². The fourth-order valence-corrected chi connectivity index (χ4v) is 3.05. The molecule has 0 saturated carbocycles. The summed E-state index contributed by atoms with van der Waals surface area (Å²) in [4.78, 5) is 13.3. The highest BCUT2D eigenvalue weighted by Gasteiger charge is 2.14. The van der Waals surface area contributed by atoms with Crippen molar-refractivity contribution < 1.29 is 4.79 Å². The van der Waals surface area contributed by atoms with Gasteiger partial charge in [-0.25, -0.2) is 5.43 Å². The van der Waals surface area contributed by atoms with E-state index in [2.05, 4.69) is 28.7 Å². The summed E-state index contributed by atoms with van der Waals surface area (Å²) in [5, 5.41) is 4.06. The molecule has 23 heavy (non-hydrogen) atoms. The van der Waals surface area contributed by atoms with Crippen LogP contribution >= 0.6 is 11.8 Å². The molecule has 0 radical (unpaired) electrons. The van der Waals surface area contributed by atoms with Crippen LogP contribution in [-0.2, 0) is 4.79 Å². The molecular weight excluding hydrogens is 304 g/mol. The quantitative estimate of drug-likeness (QED) is 0.505. The summed E-state index contributed by atoms with van der Waals surface area (Å²) in [7, 11) is 0. The lowest BCUT2D eigenvalue weighted by molar-refractivity contribution is -0.120. The molecule has 0 aliphatic heterocycles. The predicted molar refractivity (Wildman–Crippen MR) is 98.0 cm³/mol. The van der Waals surface area contributed by atoms with Gasteiger partial charge in [-0.2, -0.15) is 5.10 Å². The van der Waals surface area contributed by atoms with E-state index < -0.39 is 0 Å². The number of carbonyl (C=O) groups excluding carboxylic acids is 1. The maximum absolute atomic E-state index is 12.2. The van der Waals surface area contributed by atoms with Gasteiger partial charge in [0.05, 0.1) is 11.0 Å². The van der Waals surface area contributed by atoms with Gasteiger partial charge >= 0.3 is 0 Å². The average molecular weight is 326 g/mol. The molecule has 2 aromatic rings. The Morgan fingerprint density at radius 2 is 1.83 bits per heavy atom. The molecule has 0 saturated heterocycles. The highest BCUT2D eigenvalue weighted by Crippen LogP contribution is 2.22. The third kappa shape index (κ3) is 4.96. The molecule has 120 valence electrons. The molecule has 2 rings (SSSR count). The molecule has 3 nitrogen and oxygen atoms in total. The first-order valence-electron chi connectivity index (χ1n) is 7.61. The van der Waals surface area contributed by atoms with E-state index in [9.17, 15) is 4.79 Å². The number of rotatable bonds is 5. The molecule has 2 aromatic carbocycles. The van der Waals surface area contributed by atoms with Gasteiger partial charge in [0.25, 0.3) is 5.91 Å². The van der Waals surface area contributed by atoms with E-state index >= 15 is 0 Å². The van der Waals surface area contributed by atoms with E-state index in [1.165, 1.54) is 17.3 Å². The van der Waals surface area contributed by atoms with Crippen LogP contribution in [-0.4, -0.2) is 16.9 Å². The van der Waals surface area contributed by atoms with Crippen molar-refractivity contribution >= 4 is 23.4 Å². The number of nitrogens with one attached hydrogen (secondary N) is 1. The van der Waals surface area contributed by atoms with Crippen LogP contribution in [0.2, 0.25) is 0 Å². The zero-order valence-electron chi connectivity index (χ0n) is 14.0. The Bertz CT molecular complexity index is 711. The maximum Gasteiger partial charge on any atom is 0.253 e. The van der Waals surface area contributed by atoms with Crippen molar-refractivity contribution in [1.82, 2.24) is 5.43 Å². The van der Waals surface area contributed by atoms with Crippen LogP contribution < -0.4 is 5.43 Å². The van der Waals surface area contributed by atoms with Crippen LogP contribution in [0.25, 0.3) is 0 Å². The van der Waals surface area contributed by atoms with Gasteiger partial charge in [0.1, 0.15) is 0 Å². The third-order valence-electron chi connectivity index (χ3n) is 3.54. The summed E-state index contributed by atoms with van der Waals surface area (Å²) in [6.45, 7) is 7.89. The van der Waals surface area contributed by atoms with Gasteiger partial charge in [-0.1, -0.05) is 35.9 Å². The Balaban J connectivity index is 2.00. The van der Waals surface area contributed by atoms with Gasteiger partial charge < -0.3 is 0 Å². The monoisotopic (exact) mass is 326 g/mol. The Labute approximate surface area is 142 Å². The largest absolute Gasteiger partial charge is 0.272 e. The molecule has 0 aliphatic carbocycles. The van der Waals surface area contributed by atoms with Gasteiger partial charge in [-0.3, -0.25) is 4.79 Å². The highest BCUT2D eigenvalue weighted by molar-refractivity contribution is 8.00. The first kappa shape index (κ1) is 17.3. The second-order valence-electron chi connectivity index (χ2n) is 5.56. The lowest BCUT2D eigenvalue weighted by atomic mass is 10.0. The molecule has 0 spiro atoms. The van der Waals surface area contributed by atoms with E-state index in [4.69, 9.17) is 0 Å². The SMILES string of the molecule is C/C(=N/NC(=O)[C@@H](C)Sc1ccccc1)c1cc(C)ccc1C. The van der Waals surface area contributed by atoms with Gasteiger partial charge in [0.2, 0.25) is 0 Å². The van der Waals surface area contributed by atoms with E-state index in [0.717, 1.165) is 21.7 Å². The number of aryl methyl sites for hydroxylation is 2. The molecular formula is C19H22N2OS. The van der Waals surface area contributed by atoms with Crippen LogP contribution in [0.5, 0.6) is 0 Å². The van der Waals surface area contributed by atoms with Crippen LogP contribution in [0.1, 0.15) is 30.5 Å². The number of amides is 1. The molecule has 4 heteroatoms. The Hall–Kier alpha value is -2.07. The van der Waals surface area contributed by atoms with E-state index in [0.29, 0.717) is 0 Å². The number of carbonyl (C=O) groups is 1. The van der Waals surface area contributed by atoms with Crippen molar-refractivity contribution in [3.8, 4) is 0 Å². The fraction of sp³-hybridized carbons (Fsp3) is 0.263. The minimum absolute atomic E-state index is 0.0940. The number of thioether (sulfide) groups is 1. The maximum atomic E-state index is 12.2. The Kier molecular flexibility index (Phi) is 5.99. The second-order valence-corrected chi connectivity index (χ2v) is 6.98. The fourth-order valence-electron chi connectivity index (χ4n) is 2.17. The molecule has 0 fully saturated rings. The Morgan fingerprint density at radius 1 is 1.13 bits per heavy atom. The average Bonchev–Trinajstić information content (AvgIpc) is 2.55. The molecule has 0 bridgehead atoms. The lowest BCUT2D eigenvalue weighted by Gasteiger charge is -2.11. The van der Waals surface area contributed by atoms with Crippen molar-refractivity contribution in [3.63, 3.8) is 0 Å². The smallest absolute Gasteiger partial charge is 0.253 e. The van der Waals surface area contributed by atoms with Gasteiger partial charge in [0, 0.05) is 10.5 Å². The lowest BCUT2D eigenvalue weighted by Crippen LogP contribution is -2.27. The zero-order valence-corrected chi connectivity index (χ0v) is 14.8. The zero-order chi connectivity index (χ0) is 16.8. The molecule has 0 heterocycles. The summed E-state index contributed by atoms with van der Waals surface area (Å²) in [5.74, 6) is -0.0940. The van der Waals surface area contributed by atoms with Crippen molar-refractivity contribution in [2.45, 2.75) is 37.8 Å². The van der Waals surface area contributed by atoms with Crippen molar-refractivity contribution in [2.24, 2.45) is 5.10 Å². The van der Waals surface area contributed by atoms with Gasteiger partial charge in [-0.05, 0) is 51.5 Å². The predicted octanol–water partition coefficient (Wildman–Crippen LogP) is 4.32. The van der Waals surface area contributed by atoms with Crippen molar-refractivity contribution in [2.75, 3.05) is 0 Å². The summed E-state index contributed by atoms with van der Waals surface area (Å²) in [6, 6.07) is 16.1. The third-order valence-corrected chi connectivity index (χ3v) is 4.65. The molecule has 1 N–H and O–H groups in total. The van der Waals surface area contributed by atoms with Crippen LogP contribution in [0.3, 0.4) is 0 Å². The number of hydrogen-bond donors (Lipinski definition) is 1. The van der Waals surface area contributed by atoms with Crippen LogP contribution in [0.15, 0.2) is 58.5 Å². The first-order valence-corrected chi connectivity index (χ1v) is 8.49. The molecule has 0 aliphatic rings. The highest BCUT2D eigenvalue weighted by atomic mass is 32.2. The molecule has 0 unspecified atom stereocenters. The second kappa shape index (κ2) is 7.97. The molecule has 1 amide bonds. The van der Waals surface area contributed by atoms with E-state index in [1.54, 1.807) is 0 Å². The van der Waals surface area contributed by atoms with Gasteiger partial charge in [-0.15, -0.1) is 11.8 Å². The summed E-state index contributed by atoms with van der Waals surface area (Å²) < 4.78 is 0. The topological polar surface area (TPSA) is 41.5 Å². The summed E-state index contributed by atoms with van der Waals surface area (Å²) in [6.07, 6.45) is 0. The van der Waals surface area contributed by atoms with Crippen LogP contribution in [0, 0.1) is 13.8 Å². The van der Waals surface area contributed by atoms with E-state index in [1.807, 2.05) is 58.0 Å². The first-order chi connectivity index (χ1) is 11.0. The van der Waals surface area contributed by atoms with Crippen molar-refractivity contribution in [1.29, 1.82) is 0 Å². The number of hydrazone groups is 1. The minimum atomic E-state index is -0.201. The summed E-state index contributed by atoms with van der Waals surface area (Å²) >= 11 is 1.52. The Morgan fingerprint density at radius 3 is 2.52 bits per heavy atom. The number of hydrogen-bond acceptors (Lipinski definition) is 3. The van der Waals surface area contributed by atoms with E-state index in [-0.39, 0.29) is 11.2 Å². The summed E-state index contributed by atoms with van der Waals surface area (Å²) in [5.41, 5.74) is 6.89.